The molecule has 2 aromatic rings. The van der Waals surface area contributed by atoms with Gasteiger partial charge in [0.1, 0.15) is 25.6 Å². The Morgan fingerprint density at radius 2 is 1.82 bits per heavy atom. The molecule has 0 spiro atoms. The van der Waals surface area contributed by atoms with Crippen LogP contribution >= 0.6 is 11.6 Å². The first-order valence-corrected chi connectivity index (χ1v) is 12.7. The quantitative estimate of drug-likeness (QED) is 0.541. The number of carbonyl (C=O) groups excluding carboxylic acids is 1. The van der Waals surface area contributed by atoms with Crippen LogP contribution in [-0.2, 0) is 26.2 Å². The summed E-state index contributed by atoms with van der Waals surface area (Å²) in [6.45, 7) is 3.82. The van der Waals surface area contributed by atoms with Gasteiger partial charge in [0.25, 0.3) is 0 Å². The van der Waals surface area contributed by atoms with E-state index in [0.29, 0.717) is 60.5 Å². The van der Waals surface area contributed by atoms with Gasteiger partial charge in [-0.3, -0.25) is 4.79 Å². The van der Waals surface area contributed by atoms with E-state index in [1.807, 2.05) is 6.92 Å². The van der Waals surface area contributed by atoms with Gasteiger partial charge in [-0.2, -0.15) is 4.31 Å². The Bertz CT molecular complexity index is 1100. The molecule has 0 aromatic heterocycles. The first-order chi connectivity index (χ1) is 15.9. The molecule has 33 heavy (non-hydrogen) atoms. The van der Waals surface area contributed by atoms with Gasteiger partial charge < -0.3 is 18.9 Å². The highest BCUT2D eigenvalue weighted by Crippen LogP contribution is 2.38. The van der Waals surface area contributed by atoms with E-state index < -0.39 is 10.0 Å². The van der Waals surface area contributed by atoms with Crippen LogP contribution < -0.4 is 14.2 Å². The normalized spacial score (nSPS) is 16.9. The summed E-state index contributed by atoms with van der Waals surface area (Å²) >= 11 is 6.23. The average Bonchev–Trinajstić information content (AvgIpc) is 2.83. The number of halogens is 1. The number of ether oxygens (including phenoxy) is 4. The maximum Gasteiger partial charge on any atom is 0.309 e. The van der Waals surface area contributed by atoms with Crippen molar-refractivity contribution in [2.45, 2.75) is 31.3 Å². The largest absolute Gasteiger partial charge is 0.494 e. The first-order valence-electron chi connectivity index (χ1n) is 10.9. The number of carbonyl (C=O) groups is 1. The van der Waals surface area contributed by atoms with E-state index in [4.69, 9.17) is 30.5 Å². The smallest absolute Gasteiger partial charge is 0.309 e. The number of rotatable bonds is 7. The molecule has 178 valence electrons. The Morgan fingerprint density at radius 3 is 2.52 bits per heavy atom. The summed E-state index contributed by atoms with van der Waals surface area (Å²) < 4.78 is 49.2. The van der Waals surface area contributed by atoms with Crippen molar-refractivity contribution in [1.29, 1.82) is 0 Å². The molecule has 2 aromatic carbocycles. The molecule has 2 aliphatic rings. The van der Waals surface area contributed by atoms with Crippen LogP contribution in [0.15, 0.2) is 41.3 Å². The van der Waals surface area contributed by atoms with Crippen molar-refractivity contribution in [2.75, 3.05) is 32.9 Å². The number of benzene rings is 2. The zero-order chi connectivity index (χ0) is 23.4. The van der Waals surface area contributed by atoms with Gasteiger partial charge in [-0.15, -0.1) is 0 Å². The summed E-state index contributed by atoms with van der Waals surface area (Å²) in [5.41, 5.74) is 0.702. The molecule has 10 heteroatoms. The molecule has 0 saturated carbocycles. The average molecular weight is 496 g/mol. The highest BCUT2D eigenvalue weighted by atomic mass is 35.5. The van der Waals surface area contributed by atoms with Gasteiger partial charge in [0.15, 0.2) is 11.5 Å². The van der Waals surface area contributed by atoms with Crippen LogP contribution in [0.4, 0.5) is 0 Å². The van der Waals surface area contributed by atoms with Crippen LogP contribution in [-0.4, -0.2) is 51.6 Å². The molecule has 1 fully saturated rings. The van der Waals surface area contributed by atoms with Crippen molar-refractivity contribution in [3.05, 3.63) is 47.0 Å². The Hall–Kier alpha value is -2.49. The van der Waals surface area contributed by atoms with E-state index in [1.54, 1.807) is 36.4 Å². The van der Waals surface area contributed by atoms with Crippen molar-refractivity contribution in [1.82, 2.24) is 4.31 Å². The minimum Gasteiger partial charge on any atom is -0.494 e. The summed E-state index contributed by atoms with van der Waals surface area (Å²) in [5, 5.41) is 0.408. The standard InChI is InChI=1S/C23H26ClNO7S/c1-2-29-18-3-5-19(6-4-18)33(27,28)25-9-7-17(8-10-25)23(26)32-15-16-13-20(24)22-21(14-16)30-11-12-31-22/h3-6,13-14,17H,2,7-12,15H2,1H3. The van der Waals surface area contributed by atoms with Gasteiger partial charge in [0.2, 0.25) is 10.0 Å². The molecule has 2 aliphatic heterocycles. The third-order valence-electron chi connectivity index (χ3n) is 5.60. The topological polar surface area (TPSA) is 91.4 Å². The fraction of sp³-hybridized carbons (Fsp3) is 0.435. The van der Waals surface area contributed by atoms with Crippen molar-refractivity contribution in [3.8, 4) is 17.2 Å². The molecule has 1 saturated heterocycles. The molecule has 8 nitrogen and oxygen atoms in total. The van der Waals surface area contributed by atoms with Crippen LogP contribution in [0.1, 0.15) is 25.3 Å². The van der Waals surface area contributed by atoms with Gasteiger partial charge in [0.05, 0.1) is 22.4 Å². The number of fused-ring (bicyclic) bond motifs is 1. The molecular weight excluding hydrogens is 470 g/mol. The molecule has 0 bridgehead atoms. The Balaban J connectivity index is 1.31. The summed E-state index contributed by atoms with van der Waals surface area (Å²) in [6.07, 6.45) is 0.800. The van der Waals surface area contributed by atoms with Crippen LogP contribution in [0, 0.1) is 5.92 Å². The second kappa shape index (κ2) is 10.2. The third-order valence-corrected chi connectivity index (χ3v) is 7.79. The van der Waals surface area contributed by atoms with Crippen molar-refractivity contribution in [3.63, 3.8) is 0 Å². The van der Waals surface area contributed by atoms with E-state index in [9.17, 15) is 13.2 Å². The zero-order valence-electron chi connectivity index (χ0n) is 18.3. The minimum absolute atomic E-state index is 0.0554. The lowest BCUT2D eigenvalue weighted by atomic mass is 9.98. The number of hydrogen-bond acceptors (Lipinski definition) is 7. The second-order valence-electron chi connectivity index (χ2n) is 7.79. The second-order valence-corrected chi connectivity index (χ2v) is 10.1. The molecule has 0 aliphatic carbocycles. The molecule has 2 heterocycles. The number of sulfonamides is 1. The van der Waals surface area contributed by atoms with Gasteiger partial charge >= 0.3 is 5.97 Å². The van der Waals surface area contributed by atoms with Crippen molar-refractivity contribution in [2.24, 2.45) is 5.92 Å². The minimum atomic E-state index is -3.63. The fourth-order valence-corrected chi connectivity index (χ4v) is 5.63. The summed E-state index contributed by atoms with van der Waals surface area (Å²) in [5.74, 6) is 0.951. The number of esters is 1. The monoisotopic (exact) mass is 495 g/mol. The molecule has 0 atom stereocenters. The van der Waals surface area contributed by atoms with Crippen LogP contribution in [0.3, 0.4) is 0 Å². The lowest BCUT2D eigenvalue weighted by Crippen LogP contribution is -2.40. The zero-order valence-corrected chi connectivity index (χ0v) is 19.9. The highest BCUT2D eigenvalue weighted by molar-refractivity contribution is 7.89. The van der Waals surface area contributed by atoms with Crippen LogP contribution in [0.5, 0.6) is 17.2 Å². The van der Waals surface area contributed by atoms with Crippen LogP contribution in [0.25, 0.3) is 0 Å². The van der Waals surface area contributed by atoms with Crippen molar-refractivity contribution < 1.29 is 32.2 Å². The van der Waals surface area contributed by atoms with Gasteiger partial charge in [-0.1, -0.05) is 11.6 Å². The maximum absolute atomic E-state index is 12.9. The molecular formula is C23H26ClNO7S. The molecule has 0 unspecified atom stereocenters. The summed E-state index contributed by atoms with van der Waals surface area (Å²) in [4.78, 5) is 12.8. The lowest BCUT2D eigenvalue weighted by molar-refractivity contribution is -0.151. The summed E-state index contributed by atoms with van der Waals surface area (Å²) in [6, 6.07) is 9.81. The highest BCUT2D eigenvalue weighted by Gasteiger charge is 2.33. The fourth-order valence-electron chi connectivity index (χ4n) is 3.88. The number of nitrogens with zero attached hydrogens (tertiary/aromatic N) is 1. The maximum atomic E-state index is 12.9. The summed E-state index contributed by atoms with van der Waals surface area (Å²) in [7, 11) is -3.63. The van der Waals surface area contributed by atoms with E-state index in [-0.39, 0.29) is 36.5 Å². The SMILES string of the molecule is CCOc1ccc(S(=O)(=O)N2CCC(C(=O)OCc3cc(Cl)c4c(c3)OCCO4)CC2)cc1. The molecule has 0 radical (unpaired) electrons. The molecule has 0 N–H and O–H groups in total. The first kappa shape index (κ1) is 23.7. The van der Waals surface area contributed by atoms with Gasteiger partial charge in [-0.25, -0.2) is 8.42 Å². The number of hydrogen-bond donors (Lipinski definition) is 0. The lowest BCUT2D eigenvalue weighted by Gasteiger charge is -2.30. The van der Waals surface area contributed by atoms with E-state index >= 15 is 0 Å². The van der Waals surface area contributed by atoms with Gasteiger partial charge in [0, 0.05) is 13.1 Å². The number of piperidine rings is 1. The van der Waals surface area contributed by atoms with E-state index in [2.05, 4.69) is 0 Å². The Kier molecular flexibility index (Phi) is 7.31. The molecule has 0 amide bonds. The third kappa shape index (κ3) is 5.37. The van der Waals surface area contributed by atoms with E-state index in [0.717, 1.165) is 0 Å². The Morgan fingerprint density at radius 1 is 1.12 bits per heavy atom. The predicted molar refractivity (Wildman–Crippen MR) is 121 cm³/mol. The van der Waals surface area contributed by atoms with Crippen LogP contribution in [0.2, 0.25) is 5.02 Å². The van der Waals surface area contributed by atoms with E-state index in [1.165, 1.54) is 4.31 Å². The predicted octanol–water partition coefficient (Wildman–Crippen LogP) is 3.65. The molecule has 4 rings (SSSR count). The van der Waals surface area contributed by atoms with Gasteiger partial charge in [-0.05, 0) is 61.7 Å². The Labute approximate surface area is 198 Å². The van der Waals surface area contributed by atoms with Crippen molar-refractivity contribution >= 4 is 27.6 Å².